The first-order chi connectivity index (χ1) is 7.82. The summed E-state index contributed by atoms with van der Waals surface area (Å²) in [4.78, 5) is 11.5. The minimum atomic E-state index is -0.653. The number of carboxylic acids is 1. The predicted molar refractivity (Wildman–Crippen MR) is 69.5 cm³/mol. The van der Waals surface area contributed by atoms with Gasteiger partial charge in [-0.15, -0.1) is 12.3 Å². The molecule has 0 aliphatic heterocycles. The highest BCUT2D eigenvalue weighted by Gasteiger charge is 2.43. The molecule has 1 aliphatic carbocycles. The third-order valence-electron chi connectivity index (χ3n) is 4.37. The maximum atomic E-state index is 11.5. The maximum absolute atomic E-state index is 11.5. The van der Waals surface area contributed by atoms with E-state index >= 15 is 0 Å². The Kier molecular flexibility index (Phi) is 4.25. The van der Waals surface area contributed by atoms with E-state index in [-0.39, 0.29) is 5.41 Å². The van der Waals surface area contributed by atoms with Crippen molar-refractivity contribution >= 4 is 5.97 Å². The van der Waals surface area contributed by atoms with Crippen molar-refractivity contribution in [3.8, 4) is 12.3 Å². The lowest BCUT2D eigenvalue weighted by Gasteiger charge is -2.41. The quantitative estimate of drug-likeness (QED) is 0.758. The van der Waals surface area contributed by atoms with Crippen LogP contribution in [0.2, 0.25) is 0 Å². The molecule has 0 amide bonds. The number of carbonyl (C=O) groups is 1. The van der Waals surface area contributed by atoms with Gasteiger partial charge in [0.15, 0.2) is 0 Å². The van der Waals surface area contributed by atoms with Gasteiger partial charge < -0.3 is 5.11 Å². The molecule has 0 atom stereocenters. The van der Waals surface area contributed by atoms with Gasteiger partial charge in [-0.25, -0.2) is 0 Å². The van der Waals surface area contributed by atoms with E-state index in [1.807, 2.05) is 0 Å². The zero-order valence-corrected chi connectivity index (χ0v) is 11.3. The Bertz CT molecular complexity index is 309. The summed E-state index contributed by atoms with van der Waals surface area (Å²) in [7, 11) is 0. The molecular formula is C15H24O2. The van der Waals surface area contributed by atoms with Gasteiger partial charge in [0.2, 0.25) is 0 Å². The molecular weight excluding hydrogens is 212 g/mol. The highest BCUT2D eigenvalue weighted by Crippen LogP contribution is 2.47. The van der Waals surface area contributed by atoms with Crippen molar-refractivity contribution in [2.24, 2.45) is 16.7 Å². The normalized spacial score (nSPS) is 29.6. The smallest absolute Gasteiger partial charge is 0.309 e. The third kappa shape index (κ3) is 3.25. The van der Waals surface area contributed by atoms with Crippen LogP contribution in [0.5, 0.6) is 0 Å². The largest absolute Gasteiger partial charge is 0.481 e. The molecule has 1 N–H and O–H groups in total. The number of hydrogen-bond acceptors (Lipinski definition) is 1. The van der Waals surface area contributed by atoms with E-state index in [0.717, 1.165) is 25.7 Å². The lowest BCUT2D eigenvalue weighted by Crippen LogP contribution is -2.38. The highest BCUT2D eigenvalue weighted by atomic mass is 16.4. The van der Waals surface area contributed by atoms with Crippen LogP contribution in [0.4, 0.5) is 0 Å². The molecule has 0 aromatic rings. The average Bonchev–Trinajstić information content (AvgIpc) is 2.25. The average molecular weight is 236 g/mol. The topological polar surface area (TPSA) is 37.3 Å². The molecule has 0 aromatic heterocycles. The number of aliphatic carboxylic acids is 1. The molecule has 0 saturated heterocycles. The second-order valence-corrected chi connectivity index (χ2v) is 6.43. The monoisotopic (exact) mass is 236 g/mol. The second-order valence-electron chi connectivity index (χ2n) is 6.43. The molecule has 0 aromatic carbocycles. The van der Waals surface area contributed by atoms with Crippen LogP contribution in [-0.4, -0.2) is 11.1 Å². The van der Waals surface area contributed by atoms with Gasteiger partial charge in [0.05, 0.1) is 5.41 Å². The predicted octanol–water partition coefficient (Wildman–Crippen LogP) is 3.71. The summed E-state index contributed by atoms with van der Waals surface area (Å²) in [6, 6.07) is 0. The maximum Gasteiger partial charge on any atom is 0.309 e. The molecule has 1 fully saturated rings. The second kappa shape index (κ2) is 5.12. The third-order valence-corrected chi connectivity index (χ3v) is 4.37. The van der Waals surface area contributed by atoms with Crippen molar-refractivity contribution in [2.45, 2.75) is 59.3 Å². The van der Waals surface area contributed by atoms with Gasteiger partial charge in [-0.1, -0.05) is 20.8 Å². The Morgan fingerprint density at radius 1 is 1.41 bits per heavy atom. The van der Waals surface area contributed by atoms with E-state index in [0.29, 0.717) is 18.8 Å². The standard InChI is InChI=1S/C15H24O2/c1-5-6-9-15(13(16)17)10-7-12(8-11-15)14(2,3)4/h1,12H,6-11H2,2-4H3,(H,16,17). The van der Waals surface area contributed by atoms with Gasteiger partial charge in [-0.05, 0) is 43.4 Å². The lowest BCUT2D eigenvalue weighted by molar-refractivity contribution is -0.152. The van der Waals surface area contributed by atoms with Gasteiger partial charge in [0.1, 0.15) is 0 Å². The summed E-state index contributed by atoms with van der Waals surface area (Å²) >= 11 is 0. The summed E-state index contributed by atoms with van der Waals surface area (Å²) in [6.45, 7) is 6.73. The molecule has 0 heterocycles. The Labute approximate surface area is 105 Å². The molecule has 2 nitrogen and oxygen atoms in total. The van der Waals surface area contributed by atoms with Crippen molar-refractivity contribution in [1.29, 1.82) is 0 Å². The number of carboxylic acid groups (broad SMARTS) is 1. The molecule has 1 aliphatic rings. The first-order valence-electron chi connectivity index (χ1n) is 6.49. The summed E-state index contributed by atoms with van der Waals surface area (Å²) in [6.07, 6.45) is 10.1. The van der Waals surface area contributed by atoms with Crippen LogP contribution in [-0.2, 0) is 4.79 Å². The van der Waals surface area contributed by atoms with Gasteiger partial charge in [0.25, 0.3) is 0 Å². The van der Waals surface area contributed by atoms with Crippen molar-refractivity contribution in [2.75, 3.05) is 0 Å². The summed E-state index contributed by atoms with van der Waals surface area (Å²) in [5, 5.41) is 9.44. The van der Waals surface area contributed by atoms with Crippen molar-refractivity contribution < 1.29 is 9.90 Å². The van der Waals surface area contributed by atoms with E-state index in [9.17, 15) is 9.90 Å². The number of terminal acetylenes is 1. The van der Waals surface area contributed by atoms with E-state index in [2.05, 4.69) is 26.7 Å². The molecule has 0 bridgehead atoms. The highest BCUT2D eigenvalue weighted by molar-refractivity contribution is 5.74. The van der Waals surface area contributed by atoms with E-state index in [1.165, 1.54) is 0 Å². The zero-order chi connectivity index (χ0) is 13.1. The Balaban J connectivity index is 2.68. The fourth-order valence-electron chi connectivity index (χ4n) is 2.92. The molecule has 0 unspecified atom stereocenters. The minimum absolute atomic E-state index is 0.288. The number of hydrogen-bond donors (Lipinski definition) is 1. The first kappa shape index (κ1) is 14.1. The lowest BCUT2D eigenvalue weighted by atomic mass is 9.63. The molecule has 2 heteroatoms. The zero-order valence-electron chi connectivity index (χ0n) is 11.3. The molecule has 1 saturated carbocycles. The van der Waals surface area contributed by atoms with Crippen molar-refractivity contribution in [1.82, 2.24) is 0 Å². The molecule has 17 heavy (non-hydrogen) atoms. The van der Waals surface area contributed by atoms with Crippen LogP contribution < -0.4 is 0 Å². The van der Waals surface area contributed by atoms with Crippen LogP contribution in [0.15, 0.2) is 0 Å². The first-order valence-corrected chi connectivity index (χ1v) is 6.49. The van der Waals surface area contributed by atoms with Crippen molar-refractivity contribution in [3.05, 3.63) is 0 Å². The molecule has 0 spiro atoms. The fourth-order valence-corrected chi connectivity index (χ4v) is 2.92. The number of rotatable bonds is 3. The fraction of sp³-hybridized carbons (Fsp3) is 0.800. The van der Waals surface area contributed by atoms with E-state index in [1.54, 1.807) is 0 Å². The van der Waals surface area contributed by atoms with Crippen LogP contribution in [0.3, 0.4) is 0 Å². The van der Waals surface area contributed by atoms with Crippen LogP contribution >= 0.6 is 0 Å². The van der Waals surface area contributed by atoms with E-state index in [4.69, 9.17) is 6.42 Å². The summed E-state index contributed by atoms with van der Waals surface area (Å²) in [5.74, 6) is 2.56. The molecule has 0 radical (unpaired) electrons. The van der Waals surface area contributed by atoms with Crippen LogP contribution in [0.25, 0.3) is 0 Å². The van der Waals surface area contributed by atoms with Gasteiger partial charge in [-0.2, -0.15) is 0 Å². The van der Waals surface area contributed by atoms with Crippen LogP contribution in [0.1, 0.15) is 59.3 Å². The van der Waals surface area contributed by atoms with Gasteiger partial charge in [-0.3, -0.25) is 4.79 Å². The Morgan fingerprint density at radius 3 is 2.29 bits per heavy atom. The Hall–Kier alpha value is -0.970. The van der Waals surface area contributed by atoms with Crippen LogP contribution in [0, 0.1) is 29.1 Å². The SMILES string of the molecule is C#CCCC1(C(=O)O)CCC(C(C)(C)C)CC1. The van der Waals surface area contributed by atoms with Crippen molar-refractivity contribution in [3.63, 3.8) is 0 Å². The summed E-state index contributed by atoms with van der Waals surface area (Å²) < 4.78 is 0. The Morgan fingerprint density at radius 2 is 1.94 bits per heavy atom. The van der Waals surface area contributed by atoms with E-state index < -0.39 is 11.4 Å². The van der Waals surface area contributed by atoms with Gasteiger partial charge >= 0.3 is 5.97 Å². The summed E-state index contributed by atoms with van der Waals surface area (Å²) in [5.41, 5.74) is -0.259. The molecule has 96 valence electrons. The van der Waals surface area contributed by atoms with Gasteiger partial charge in [0, 0.05) is 6.42 Å². The minimum Gasteiger partial charge on any atom is -0.481 e. The molecule has 1 rings (SSSR count).